The van der Waals surface area contributed by atoms with Crippen LogP contribution in [-0.4, -0.2) is 28.9 Å². The zero-order valence-corrected chi connectivity index (χ0v) is 13.5. The lowest BCUT2D eigenvalue weighted by molar-refractivity contribution is 0.0946. The molecule has 5 nitrogen and oxygen atoms in total. The number of hydrogen-bond donors (Lipinski definition) is 3. The molecule has 1 aromatic heterocycles. The number of nitrogens with two attached hydrogens (primary N) is 1. The van der Waals surface area contributed by atoms with E-state index in [9.17, 15) is 4.79 Å². The smallest absolute Gasteiger partial charge is 0.251 e. The Balaban J connectivity index is 2.02. The molecule has 116 valence electrons. The number of hydrogen-bond acceptors (Lipinski definition) is 5. The fourth-order valence-corrected chi connectivity index (χ4v) is 3.55. The lowest BCUT2D eigenvalue weighted by atomic mass is 10.0. The molecule has 0 aliphatic carbocycles. The maximum Gasteiger partial charge on any atom is 0.251 e. The average Bonchev–Trinajstić information content (AvgIpc) is 2.53. The van der Waals surface area contributed by atoms with Crippen LogP contribution in [0.25, 0.3) is 0 Å². The number of amides is 1. The molecule has 0 atom stereocenters. The summed E-state index contributed by atoms with van der Waals surface area (Å²) in [4.78, 5) is 16.7. The molecule has 0 bridgehead atoms. The third-order valence-electron chi connectivity index (χ3n) is 3.74. The second kappa shape index (κ2) is 7.66. The van der Waals surface area contributed by atoms with Gasteiger partial charge in [0.05, 0.1) is 0 Å². The molecule has 4 N–H and O–H groups in total. The lowest BCUT2D eigenvalue weighted by Crippen LogP contribution is -2.31. The molecule has 1 aliphatic rings. The Labute approximate surface area is 130 Å². The molecule has 0 saturated carbocycles. The fraction of sp³-hybridized carbons (Fsp3) is 0.600. The van der Waals surface area contributed by atoms with Gasteiger partial charge in [-0.05, 0) is 48.3 Å². The first kappa shape index (κ1) is 16.1. The molecule has 0 aromatic carbocycles. The van der Waals surface area contributed by atoms with Gasteiger partial charge in [-0.25, -0.2) is 10.8 Å². The fourth-order valence-electron chi connectivity index (χ4n) is 2.34. The average molecular weight is 308 g/mol. The van der Waals surface area contributed by atoms with Crippen LogP contribution in [0.3, 0.4) is 0 Å². The minimum atomic E-state index is -0.0472. The van der Waals surface area contributed by atoms with Crippen molar-refractivity contribution in [2.24, 2.45) is 11.8 Å². The van der Waals surface area contributed by atoms with Gasteiger partial charge in [0.2, 0.25) is 0 Å². The number of anilines is 1. The van der Waals surface area contributed by atoms with Gasteiger partial charge in [0.1, 0.15) is 5.82 Å². The van der Waals surface area contributed by atoms with E-state index < -0.39 is 0 Å². The van der Waals surface area contributed by atoms with Gasteiger partial charge in [0.25, 0.3) is 5.91 Å². The summed E-state index contributed by atoms with van der Waals surface area (Å²) < 4.78 is 0. The SMILES string of the molecule is CC(C)c1cc(C(=O)NCC2CCSCC2)cc(NN)n1. The molecule has 0 radical (unpaired) electrons. The maximum atomic E-state index is 12.3. The Morgan fingerprint density at radius 3 is 2.76 bits per heavy atom. The van der Waals surface area contributed by atoms with Gasteiger partial charge in [-0.15, -0.1) is 0 Å². The molecule has 21 heavy (non-hydrogen) atoms. The number of hydrazine groups is 1. The van der Waals surface area contributed by atoms with Crippen molar-refractivity contribution in [1.82, 2.24) is 10.3 Å². The lowest BCUT2D eigenvalue weighted by Gasteiger charge is -2.21. The van der Waals surface area contributed by atoms with Gasteiger partial charge in [-0.2, -0.15) is 11.8 Å². The van der Waals surface area contributed by atoms with Crippen LogP contribution in [-0.2, 0) is 0 Å². The highest BCUT2D eigenvalue weighted by molar-refractivity contribution is 7.99. The molecule has 0 spiro atoms. The van der Waals surface area contributed by atoms with Gasteiger partial charge in [-0.3, -0.25) is 4.79 Å². The van der Waals surface area contributed by atoms with Crippen molar-refractivity contribution in [3.63, 3.8) is 0 Å². The third-order valence-corrected chi connectivity index (χ3v) is 4.79. The first-order valence-corrected chi connectivity index (χ1v) is 8.60. The van der Waals surface area contributed by atoms with E-state index in [1.165, 1.54) is 24.3 Å². The third kappa shape index (κ3) is 4.61. The van der Waals surface area contributed by atoms with Crippen LogP contribution in [0.2, 0.25) is 0 Å². The van der Waals surface area contributed by atoms with Crippen LogP contribution < -0.4 is 16.6 Å². The first-order valence-electron chi connectivity index (χ1n) is 7.44. The Bertz CT molecular complexity index is 487. The topological polar surface area (TPSA) is 80.0 Å². The van der Waals surface area contributed by atoms with Crippen molar-refractivity contribution < 1.29 is 4.79 Å². The number of rotatable bonds is 5. The summed E-state index contributed by atoms with van der Waals surface area (Å²) >= 11 is 2.00. The molecule has 2 heterocycles. The summed E-state index contributed by atoms with van der Waals surface area (Å²) in [5.41, 5.74) is 4.01. The molecule has 0 unspecified atom stereocenters. The molecule has 1 saturated heterocycles. The second-order valence-corrected chi connectivity index (χ2v) is 6.96. The van der Waals surface area contributed by atoms with E-state index in [4.69, 9.17) is 5.84 Å². The Morgan fingerprint density at radius 1 is 1.43 bits per heavy atom. The van der Waals surface area contributed by atoms with E-state index in [0.717, 1.165) is 12.2 Å². The van der Waals surface area contributed by atoms with Crippen LogP contribution >= 0.6 is 11.8 Å². The van der Waals surface area contributed by atoms with Gasteiger partial charge in [-0.1, -0.05) is 13.8 Å². The number of carbonyl (C=O) groups excluding carboxylic acids is 1. The summed E-state index contributed by atoms with van der Waals surface area (Å²) in [5.74, 6) is 9.17. The van der Waals surface area contributed by atoms with E-state index in [0.29, 0.717) is 17.3 Å². The van der Waals surface area contributed by atoms with Crippen LogP contribution in [0.1, 0.15) is 48.7 Å². The maximum absolute atomic E-state index is 12.3. The van der Waals surface area contributed by atoms with Crippen LogP contribution in [0.4, 0.5) is 5.82 Å². The van der Waals surface area contributed by atoms with Crippen LogP contribution in [0, 0.1) is 5.92 Å². The summed E-state index contributed by atoms with van der Waals surface area (Å²) in [6.45, 7) is 4.85. The number of pyridine rings is 1. The Morgan fingerprint density at radius 2 is 2.14 bits per heavy atom. The number of aromatic nitrogens is 1. The first-order chi connectivity index (χ1) is 10.1. The van der Waals surface area contributed by atoms with Crippen molar-refractivity contribution in [1.29, 1.82) is 0 Å². The Kier molecular flexibility index (Phi) is 5.87. The van der Waals surface area contributed by atoms with Crippen LogP contribution in [0.5, 0.6) is 0 Å². The number of carbonyl (C=O) groups is 1. The number of nitrogen functional groups attached to an aromatic ring is 1. The quantitative estimate of drug-likeness (QED) is 0.575. The summed E-state index contributed by atoms with van der Waals surface area (Å²) in [6.07, 6.45) is 2.38. The minimum Gasteiger partial charge on any atom is -0.352 e. The van der Waals surface area contributed by atoms with Gasteiger partial charge < -0.3 is 10.7 Å². The summed E-state index contributed by atoms with van der Waals surface area (Å²) in [5, 5.41) is 3.04. The highest BCUT2D eigenvalue weighted by atomic mass is 32.2. The van der Waals surface area contributed by atoms with Crippen molar-refractivity contribution in [3.05, 3.63) is 23.4 Å². The van der Waals surface area contributed by atoms with Crippen LogP contribution in [0.15, 0.2) is 12.1 Å². The largest absolute Gasteiger partial charge is 0.352 e. The molecule has 1 amide bonds. The number of nitrogens with one attached hydrogen (secondary N) is 2. The monoisotopic (exact) mass is 308 g/mol. The van der Waals surface area contributed by atoms with Gasteiger partial charge >= 0.3 is 0 Å². The molecule has 1 fully saturated rings. The predicted molar refractivity (Wildman–Crippen MR) is 88.5 cm³/mol. The molecule has 1 aromatic rings. The standard InChI is InChI=1S/C15H24N4OS/c1-10(2)13-7-12(8-14(18-13)19-16)15(20)17-9-11-3-5-21-6-4-11/h7-8,10-11H,3-6,9,16H2,1-2H3,(H,17,20)(H,18,19). The molecule has 2 rings (SSSR count). The Hall–Kier alpha value is -1.27. The van der Waals surface area contributed by atoms with Crippen molar-refractivity contribution in [3.8, 4) is 0 Å². The van der Waals surface area contributed by atoms with Gasteiger partial charge in [0, 0.05) is 17.8 Å². The van der Waals surface area contributed by atoms with Gasteiger partial charge in [0.15, 0.2) is 0 Å². The van der Waals surface area contributed by atoms with Crippen molar-refractivity contribution in [2.45, 2.75) is 32.6 Å². The predicted octanol–water partition coefficient (Wildman–Crippen LogP) is 2.36. The summed E-state index contributed by atoms with van der Waals surface area (Å²) in [6, 6.07) is 3.54. The summed E-state index contributed by atoms with van der Waals surface area (Å²) in [7, 11) is 0. The molecular formula is C15H24N4OS. The minimum absolute atomic E-state index is 0.0472. The zero-order chi connectivity index (χ0) is 15.2. The second-order valence-electron chi connectivity index (χ2n) is 5.73. The number of thioether (sulfide) groups is 1. The molecule has 6 heteroatoms. The highest BCUT2D eigenvalue weighted by Crippen LogP contribution is 2.22. The van der Waals surface area contributed by atoms with E-state index in [1.807, 2.05) is 31.7 Å². The van der Waals surface area contributed by atoms with E-state index in [1.54, 1.807) is 6.07 Å². The zero-order valence-electron chi connectivity index (χ0n) is 12.7. The van der Waals surface area contributed by atoms with Crippen molar-refractivity contribution >= 4 is 23.5 Å². The normalized spacial score (nSPS) is 16.0. The molecular weight excluding hydrogens is 284 g/mol. The van der Waals surface area contributed by atoms with E-state index in [-0.39, 0.29) is 11.8 Å². The molecule has 1 aliphatic heterocycles. The van der Waals surface area contributed by atoms with E-state index in [2.05, 4.69) is 15.7 Å². The van der Waals surface area contributed by atoms with E-state index >= 15 is 0 Å². The number of nitrogens with zero attached hydrogens (tertiary/aromatic N) is 1. The highest BCUT2D eigenvalue weighted by Gasteiger charge is 2.16. The van der Waals surface area contributed by atoms with Crippen molar-refractivity contribution in [2.75, 3.05) is 23.5 Å².